The molecule has 1 amide bonds. The van der Waals surface area contributed by atoms with Gasteiger partial charge in [0.2, 0.25) is 5.13 Å². The van der Waals surface area contributed by atoms with Crippen LogP contribution < -0.4 is 14.8 Å². The van der Waals surface area contributed by atoms with E-state index in [1.54, 1.807) is 14.1 Å². The van der Waals surface area contributed by atoms with E-state index in [9.17, 15) is 18.0 Å². The number of aromatic nitrogens is 4. The van der Waals surface area contributed by atoms with Crippen LogP contribution in [0.2, 0.25) is 0 Å². The average Bonchev–Trinajstić information content (AvgIpc) is 3.21. The summed E-state index contributed by atoms with van der Waals surface area (Å²) in [7, 11) is 4.46. The van der Waals surface area contributed by atoms with E-state index in [0.717, 1.165) is 23.8 Å². The molecule has 0 bridgehead atoms. The summed E-state index contributed by atoms with van der Waals surface area (Å²) in [4.78, 5) is 26.2. The molecular formula is C20H21F3N6O3S. The molecule has 0 aromatic carbocycles. The highest BCUT2D eigenvalue weighted by Crippen LogP contribution is 2.37. The third kappa shape index (κ3) is 5.66. The minimum atomic E-state index is -4.66. The second kappa shape index (κ2) is 9.57. The molecule has 0 aliphatic rings. The van der Waals surface area contributed by atoms with Crippen LogP contribution in [-0.2, 0) is 6.18 Å². The molecule has 0 spiro atoms. The molecule has 0 saturated heterocycles. The predicted molar refractivity (Wildman–Crippen MR) is 116 cm³/mol. The van der Waals surface area contributed by atoms with Gasteiger partial charge in [-0.05, 0) is 26.0 Å². The van der Waals surface area contributed by atoms with Gasteiger partial charge in [0.15, 0.2) is 11.6 Å². The van der Waals surface area contributed by atoms with Gasteiger partial charge in [-0.1, -0.05) is 0 Å². The molecule has 3 rings (SSSR count). The number of halogens is 3. The molecule has 0 fully saturated rings. The van der Waals surface area contributed by atoms with Crippen molar-refractivity contribution >= 4 is 28.4 Å². The lowest BCUT2D eigenvalue weighted by Crippen LogP contribution is -2.23. The summed E-state index contributed by atoms with van der Waals surface area (Å²) >= 11 is 0.826. The van der Waals surface area contributed by atoms with E-state index >= 15 is 0 Å². The van der Waals surface area contributed by atoms with Crippen molar-refractivity contribution in [3.63, 3.8) is 0 Å². The summed E-state index contributed by atoms with van der Waals surface area (Å²) in [5.41, 5.74) is -0.482. The van der Waals surface area contributed by atoms with E-state index in [2.05, 4.69) is 24.6 Å². The Morgan fingerprint density at radius 2 is 1.91 bits per heavy atom. The molecule has 3 aromatic rings. The molecule has 13 heteroatoms. The van der Waals surface area contributed by atoms with E-state index in [-0.39, 0.29) is 40.0 Å². The third-order valence-corrected chi connectivity index (χ3v) is 4.78. The Labute approximate surface area is 191 Å². The van der Waals surface area contributed by atoms with Gasteiger partial charge in [0, 0.05) is 25.6 Å². The van der Waals surface area contributed by atoms with Crippen LogP contribution in [0.5, 0.6) is 11.5 Å². The number of nitrogens with one attached hydrogen (secondary N) is 1. The molecule has 0 atom stereocenters. The Bertz CT molecular complexity index is 1150. The van der Waals surface area contributed by atoms with E-state index in [1.807, 2.05) is 13.8 Å². The molecule has 33 heavy (non-hydrogen) atoms. The quantitative estimate of drug-likeness (QED) is 0.533. The summed E-state index contributed by atoms with van der Waals surface area (Å²) < 4.78 is 54.9. The fourth-order valence-electron chi connectivity index (χ4n) is 2.67. The Balaban J connectivity index is 1.94. The summed E-state index contributed by atoms with van der Waals surface area (Å²) in [5, 5.41) is 2.61. The number of rotatable bonds is 7. The highest BCUT2D eigenvalue weighted by atomic mass is 32.1. The highest BCUT2D eigenvalue weighted by Gasteiger charge is 2.35. The van der Waals surface area contributed by atoms with E-state index in [1.165, 1.54) is 24.3 Å². The summed E-state index contributed by atoms with van der Waals surface area (Å²) in [6.45, 7) is 3.64. The van der Waals surface area contributed by atoms with Gasteiger partial charge in [-0.3, -0.25) is 4.79 Å². The van der Waals surface area contributed by atoms with Crippen LogP contribution in [0.15, 0.2) is 24.5 Å². The minimum Gasteiger partial charge on any atom is -0.495 e. The van der Waals surface area contributed by atoms with Gasteiger partial charge in [0.25, 0.3) is 5.91 Å². The average molecular weight is 482 g/mol. The first kappa shape index (κ1) is 24.2. The third-order valence-electron chi connectivity index (χ3n) is 4.15. The molecule has 0 saturated carbocycles. The Kier molecular flexibility index (Phi) is 7.01. The standard InChI is InChI=1S/C20H21F3N6O3S/c1-10(2)32-15-9-24-14(7-12(15)18(30)29(3)4)17-27-19(33-28-17)26-16-13(20(21,22)23)6-11(31-5)8-25-16/h6-10H,1-5H3,(H,25,26,27,28). The fraction of sp³-hybridized carbons (Fsp3) is 0.350. The van der Waals surface area contributed by atoms with Gasteiger partial charge < -0.3 is 19.7 Å². The van der Waals surface area contributed by atoms with Crippen molar-refractivity contribution in [1.82, 2.24) is 24.2 Å². The maximum atomic E-state index is 13.4. The number of ether oxygens (including phenoxy) is 2. The van der Waals surface area contributed by atoms with Crippen LogP contribution in [0.4, 0.5) is 24.1 Å². The summed E-state index contributed by atoms with van der Waals surface area (Å²) in [6.07, 6.45) is -2.29. The van der Waals surface area contributed by atoms with Gasteiger partial charge in [0.05, 0.1) is 31.2 Å². The molecule has 3 aromatic heterocycles. The Morgan fingerprint density at radius 3 is 2.52 bits per heavy atom. The number of methoxy groups -OCH3 is 1. The monoisotopic (exact) mass is 482 g/mol. The van der Waals surface area contributed by atoms with Crippen molar-refractivity contribution in [3.05, 3.63) is 35.7 Å². The SMILES string of the molecule is COc1cnc(Nc2nc(-c3cc(C(=O)N(C)C)c(OC(C)C)cn3)ns2)c(C(F)(F)F)c1. The van der Waals surface area contributed by atoms with Crippen LogP contribution in [0, 0.1) is 0 Å². The molecule has 3 heterocycles. The predicted octanol–water partition coefficient (Wildman–Crippen LogP) is 4.26. The van der Waals surface area contributed by atoms with Gasteiger partial charge in [-0.25, -0.2) is 9.97 Å². The molecular weight excluding hydrogens is 461 g/mol. The highest BCUT2D eigenvalue weighted by molar-refractivity contribution is 7.09. The normalized spacial score (nSPS) is 11.4. The zero-order valence-electron chi connectivity index (χ0n) is 18.4. The number of nitrogens with zero attached hydrogens (tertiary/aromatic N) is 5. The van der Waals surface area contributed by atoms with Gasteiger partial charge >= 0.3 is 6.18 Å². The number of carbonyl (C=O) groups is 1. The number of alkyl halides is 3. The summed E-state index contributed by atoms with van der Waals surface area (Å²) in [5.74, 6) is -0.341. The molecule has 0 unspecified atom stereocenters. The second-order valence-electron chi connectivity index (χ2n) is 7.25. The number of pyridine rings is 2. The molecule has 0 radical (unpaired) electrons. The van der Waals surface area contributed by atoms with E-state index < -0.39 is 17.6 Å². The lowest BCUT2D eigenvalue weighted by molar-refractivity contribution is -0.137. The second-order valence-corrected chi connectivity index (χ2v) is 8.00. The van der Waals surface area contributed by atoms with Crippen LogP contribution in [0.1, 0.15) is 29.8 Å². The number of anilines is 2. The zero-order chi connectivity index (χ0) is 24.3. The first-order valence-electron chi connectivity index (χ1n) is 9.60. The first-order chi connectivity index (χ1) is 15.5. The van der Waals surface area contributed by atoms with Gasteiger partial charge in [-0.15, -0.1) is 0 Å². The number of amides is 1. The summed E-state index contributed by atoms with van der Waals surface area (Å²) in [6, 6.07) is 2.32. The van der Waals surface area contributed by atoms with Crippen molar-refractivity contribution in [1.29, 1.82) is 0 Å². The maximum Gasteiger partial charge on any atom is 0.420 e. The molecule has 0 aliphatic carbocycles. The smallest absolute Gasteiger partial charge is 0.420 e. The first-order valence-corrected chi connectivity index (χ1v) is 10.4. The molecule has 176 valence electrons. The lowest BCUT2D eigenvalue weighted by atomic mass is 10.1. The van der Waals surface area contributed by atoms with Gasteiger partial charge in [-0.2, -0.15) is 22.5 Å². The largest absolute Gasteiger partial charge is 0.495 e. The Morgan fingerprint density at radius 1 is 1.18 bits per heavy atom. The van der Waals surface area contributed by atoms with Crippen molar-refractivity contribution in [2.24, 2.45) is 0 Å². The van der Waals surface area contributed by atoms with Crippen LogP contribution >= 0.6 is 11.5 Å². The van der Waals surface area contributed by atoms with Crippen molar-refractivity contribution in [2.45, 2.75) is 26.1 Å². The number of hydrogen-bond donors (Lipinski definition) is 1. The number of hydrogen-bond acceptors (Lipinski definition) is 9. The van der Waals surface area contributed by atoms with E-state index in [0.29, 0.717) is 5.75 Å². The topological polar surface area (TPSA) is 102 Å². The van der Waals surface area contributed by atoms with E-state index in [4.69, 9.17) is 9.47 Å². The van der Waals surface area contributed by atoms with Crippen LogP contribution in [0.3, 0.4) is 0 Å². The lowest BCUT2D eigenvalue weighted by Gasteiger charge is -2.16. The van der Waals surface area contributed by atoms with Crippen molar-refractivity contribution in [2.75, 3.05) is 26.5 Å². The van der Waals surface area contributed by atoms with Crippen molar-refractivity contribution in [3.8, 4) is 23.0 Å². The van der Waals surface area contributed by atoms with Crippen LogP contribution in [0.25, 0.3) is 11.5 Å². The minimum absolute atomic E-state index is 0.0307. The zero-order valence-corrected chi connectivity index (χ0v) is 19.2. The molecule has 0 aliphatic heterocycles. The molecule has 1 N–H and O–H groups in total. The number of carbonyl (C=O) groups excluding carboxylic acids is 1. The van der Waals surface area contributed by atoms with Gasteiger partial charge in [0.1, 0.15) is 22.8 Å². The molecule has 9 nitrogen and oxygen atoms in total. The fourth-order valence-corrected chi connectivity index (χ4v) is 3.25. The van der Waals surface area contributed by atoms with Crippen molar-refractivity contribution < 1.29 is 27.4 Å². The maximum absolute atomic E-state index is 13.4. The van der Waals surface area contributed by atoms with Crippen LogP contribution in [-0.4, -0.2) is 57.4 Å². The Hall–Kier alpha value is -3.48.